The van der Waals surface area contributed by atoms with E-state index in [1.807, 2.05) is 72.8 Å². The molecule has 0 bridgehead atoms. The van der Waals surface area contributed by atoms with Gasteiger partial charge in [-0.2, -0.15) is 0 Å². The van der Waals surface area contributed by atoms with Crippen LogP contribution in [0, 0.1) is 0 Å². The summed E-state index contributed by atoms with van der Waals surface area (Å²) in [4.78, 5) is 17.3. The second-order valence-corrected chi connectivity index (χ2v) is 6.99. The summed E-state index contributed by atoms with van der Waals surface area (Å²) < 4.78 is 5.78. The van der Waals surface area contributed by atoms with E-state index in [1.165, 1.54) is 11.3 Å². The summed E-state index contributed by atoms with van der Waals surface area (Å²) in [6.07, 6.45) is 0. The maximum Gasteiger partial charge on any atom is 0.206 e. The maximum atomic E-state index is 12.6. The highest BCUT2D eigenvalue weighted by Crippen LogP contribution is 2.30. The Labute approximate surface area is 166 Å². The number of ether oxygens (including phenoxy) is 1. The minimum Gasteiger partial charge on any atom is -0.457 e. The molecule has 0 amide bonds. The zero-order chi connectivity index (χ0) is 19.3. The fourth-order valence-electron chi connectivity index (χ4n) is 2.62. The van der Waals surface area contributed by atoms with E-state index in [0.29, 0.717) is 15.6 Å². The summed E-state index contributed by atoms with van der Waals surface area (Å²) in [6.45, 7) is 0. The Kier molecular flexibility index (Phi) is 5.03. The summed E-state index contributed by atoms with van der Waals surface area (Å²) in [6, 6.07) is 26.1. The lowest BCUT2D eigenvalue weighted by atomic mass is 10.1. The summed E-state index contributed by atoms with van der Waals surface area (Å²) in [7, 11) is 0. The minimum absolute atomic E-state index is 0.129. The average Bonchev–Trinajstić information content (AvgIpc) is 3.10. The van der Waals surface area contributed by atoms with Crippen molar-refractivity contribution in [1.82, 2.24) is 4.98 Å². The SMILES string of the molecule is Nc1nc(Nc2ccc(Oc3ccccc3)cc2)sc1C(=O)c1ccccc1. The van der Waals surface area contributed by atoms with Crippen molar-refractivity contribution in [3.8, 4) is 11.5 Å². The zero-order valence-electron chi connectivity index (χ0n) is 14.8. The Hall–Kier alpha value is -3.64. The summed E-state index contributed by atoms with van der Waals surface area (Å²) in [5, 5.41) is 3.75. The Bertz CT molecular complexity index is 1080. The molecule has 3 N–H and O–H groups in total. The van der Waals surface area contributed by atoms with Crippen LogP contribution in [0.15, 0.2) is 84.9 Å². The standard InChI is InChI=1S/C22H17N3O2S/c23-21-20(19(26)15-7-3-1-4-8-15)28-22(25-21)24-16-11-13-18(14-12-16)27-17-9-5-2-6-10-17/h1-14H,23H2,(H,24,25). The number of nitrogens with two attached hydrogens (primary N) is 1. The van der Waals surface area contributed by atoms with Gasteiger partial charge in [-0.3, -0.25) is 4.79 Å². The van der Waals surface area contributed by atoms with Gasteiger partial charge >= 0.3 is 0 Å². The highest BCUT2D eigenvalue weighted by molar-refractivity contribution is 7.18. The first-order chi connectivity index (χ1) is 13.7. The number of rotatable bonds is 6. The topological polar surface area (TPSA) is 77.2 Å². The molecule has 6 heteroatoms. The number of carbonyl (C=O) groups is 1. The van der Waals surface area contributed by atoms with Gasteiger partial charge in [0.2, 0.25) is 5.78 Å². The molecular weight excluding hydrogens is 370 g/mol. The van der Waals surface area contributed by atoms with E-state index >= 15 is 0 Å². The predicted molar refractivity (Wildman–Crippen MR) is 113 cm³/mol. The number of nitrogens with one attached hydrogen (secondary N) is 1. The smallest absolute Gasteiger partial charge is 0.206 e. The lowest BCUT2D eigenvalue weighted by Crippen LogP contribution is -2.02. The number of nitrogen functional groups attached to an aromatic ring is 1. The van der Waals surface area contributed by atoms with Crippen LogP contribution in [0.2, 0.25) is 0 Å². The van der Waals surface area contributed by atoms with E-state index in [2.05, 4.69) is 10.3 Å². The number of para-hydroxylation sites is 1. The number of thiazole rings is 1. The molecule has 4 aromatic rings. The molecule has 1 heterocycles. The van der Waals surface area contributed by atoms with Crippen LogP contribution >= 0.6 is 11.3 Å². The summed E-state index contributed by atoms with van der Waals surface area (Å²) >= 11 is 1.24. The van der Waals surface area contributed by atoms with Gasteiger partial charge in [0.05, 0.1) is 0 Å². The van der Waals surface area contributed by atoms with E-state index in [-0.39, 0.29) is 11.6 Å². The fourth-order valence-corrected chi connectivity index (χ4v) is 3.49. The van der Waals surface area contributed by atoms with Gasteiger partial charge in [0.25, 0.3) is 0 Å². The summed E-state index contributed by atoms with van der Waals surface area (Å²) in [5.74, 6) is 1.61. The van der Waals surface area contributed by atoms with Crippen molar-refractivity contribution in [3.63, 3.8) is 0 Å². The third kappa shape index (κ3) is 4.02. The second-order valence-electron chi connectivity index (χ2n) is 5.99. The van der Waals surface area contributed by atoms with Gasteiger partial charge in [0.1, 0.15) is 22.2 Å². The van der Waals surface area contributed by atoms with Crippen molar-refractivity contribution < 1.29 is 9.53 Å². The lowest BCUT2D eigenvalue weighted by molar-refractivity contribution is 0.104. The van der Waals surface area contributed by atoms with Gasteiger partial charge in [-0.05, 0) is 36.4 Å². The molecule has 0 fully saturated rings. The molecule has 4 rings (SSSR count). The molecule has 0 atom stereocenters. The quantitative estimate of drug-likeness (QED) is 0.428. The second kappa shape index (κ2) is 7.94. The van der Waals surface area contributed by atoms with Crippen LogP contribution in [0.4, 0.5) is 16.6 Å². The molecular formula is C22H17N3O2S. The molecule has 0 aliphatic heterocycles. The summed E-state index contributed by atoms with van der Waals surface area (Å²) in [5.41, 5.74) is 7.38. The first-order valence-electron chi connectivity index (χ1n) is 8.65. The number of benzene rings is 3. The Balaban J connectivity index is 1.47. The maximum absolute atomic E-state index is 12.6. The number of hydrogen-bond acceptors (Lipinski definition) is 6. The van der Waals surface area contributed by atoms with Gasteiger partial charge in [-0.1, -0.05) is 59.9 Å². The predicted octanol–water partition coefficient (Wildman–Crippen LogP) is 5.49. The van der Waals surface area contributed by atoms with Crippen LogP contribution in [0.5, 0.6) is 11.5 Å². The van der Waals surface area contributed by atoms with E-state index < -0.39 is 0 Å². The average molecular weight is 387 g/mol. The third-order valence-corrected chi connectivity index (χ3v) is 4.97. The highest BCUT2D eigenvalue weighted by Gasteiger charge is 2.17. The number of nitrogens with zero attached hydrogens (tertiary/aromatic N) is 1. The Morgan fingerprint density at radius 3 is 2.14 bits per heavy atom. The molecule has 28 heavy (non-hydrogen) atoms. The molecule has 1 aromatic heterocycles. The van der Waals surface area contributed by atoms with E-state index in [1.54, 1.807) is 12.1 Å². The normalized spacial score (nSPS) is 10.4. The zero-order valence-corrected chi connectivity index (χ0v) is 15.6. The molecule has 3 aromatic carbocycles. The molecule has 0 aliphatic rings. The monoisotopic (exact) mass is 387 g/mol. The number of ketones is 1. The van der Waals surface area contributed by atoms with Crippen LogP contribution in [-0.4, -0.2) is 10.8 Å². The van der Waals surface area contributed by atoms with Crippen molar-refractivity contribution in [2.45, 2.75) is 0 Å². The molecule has 0 radical (unpaired) electrons. The van der Waals surface area contributed by atoms with Crippen LogP contribution in [0.3, 0.4) is 0 Å². The Morgan fingerprint density at radius 2 is 1.46 bits per heavy atom. The third-order valence-electron chi connectivity index (χ3n) is 3.98. The van der Waals surface area contributed by atoms with Crippen molar-refractivity contribution in [1.29, 1.82) is 0 Å². The highest BCUT2D eigenvalue weighted by atomic mass is 32.1. The number of anilines is 3. The van der Waals surface area contributed by atoms with Crippen molar-refractivity contribution >= 4 is 33.8 Å². The van der Waals surface area contributed by atoms with Crippen molar-refractivity contribution in [3.05, 3.63) is 95.4 Å². The van der Waals surface area contributed by atoms with Gasteiger partial charge in [0.15, 0.2) is 5.13 Å². The van der Waals surface area contributed by atoms with Gasteiger partial charge in [0, 0.05) is 11.3 Å². The molecule has 0 unspecified atom stereocenters. The lowest BCUT2D eigenvalue weighted by Gasteiger charge is -2.07. The van der Waals surface area contributed by atoms with Gasteiger partial charge in [-0.25, -0.2) is 4.98 Å². The van der Waals surface area contributed by atoms with Crippen LogP contribution < -0.4 is 15.8 Å². The molecule has 0 spiro atoms. The van der Waals surface area contributed by atoms with Crippen LogP contribution in [0.25, 0.3) is 0 Å². The molecule has 0 aliphatic carbocycles. The van der Waals surface area contributed by atoms with E-state index in [9.17, 15) is 4.79 Å². The molecule has 5 nitrogen and oxygen atoms in total. The molecule has 138 valence electrons. The fraction of sp³-hybridized carbons (Fsp3) is 0. The van der Waals surface area contributed by atoms with E-state index in [4.69, 9.17) is 10.5 Å². The van der Waals surface area contributed by atoms with Gasteiger partial charge < -0.3 is 15.8 Å². The van der Waals surface area contributed by atoms with Crippen LogP contribution in [0.1, 0.15) is 15.2 Å². The van der Waals surface area contributed by atoms with Gasteiger partial charge in [-0.15, -0.1) is 0 Å². The first kappa shape index (κ1) is 17.8. The van der Waals surface area contributed by atoms with Crippen molar-refractivity contribution in [2.75, 3.05) is 11.1 Å². The first-order valence-corrected chi connectivity index (χ1v) is 9.47. The van der Waals surface area contributed by atoms with Crippen LogP contribution in [-0.2, 0) is 0 Å². The number of carbonyl (C=O) groups excluding carboxylic acids is 1. The number of hydrogen-bond donors (Lipinski definition) is 2. The van der Waals surface area contributed by atoms with Crippen molar-refractivity contribution in [2.24, 2.45) is 0 Å². The molecule has 0 saturated heterocycles. The Morgan fingerprint density at radius 1 is 0.857 bits per heavy atom. The number of aromatic nitrogens is 1. The van der Waals surface area contributed by atoms with E-state index in [0.717, 1.165) is 17.2 Å². The minimum atomic E-state index is -0.129. The molecule has 0 saturated carbocycles. The largest absolute Gasteiger partial charge is 0.457 e.